The molecule has 0 bridgehead atoms. The van der Waals surface area contributed by atoms with Gasteiger partial charge in [0.2, 0.25) is 0 Å². The number of piperazine rings is 1. The van der Waals surface area contributed by atoms with Gasteiger partial charge < -0.3 is 14.4 Å². The minimum atomic E-state index is 0.968. The van der Waals surface area contributed by atoms with E-state index in [0.717, 1.165) is 28.7 Å². The molecular weight excluding hydrogens is 358 g/mol. The van der Waals surface area contributed by atoms with Crippen LogP contribution in [0.15, 0.2) is 48.5 Å². The summed E-state index contributed by atoms with van der Waals surface area (Å²) in [6.45, 7) is 7.06. The van der Waals surface area contributed by atoms with Crippen LogP contribution in [0.1, 0.15) is 19.3 Å². The second kappa shape index (κ2) is 8.09. The highest BCUT2D eigenvalue weighted by Crippen LogP contribution is 2.28. The summed E-state index contributed by atoms with van der Waals surface area (Å²) in [5.74, 6) is 0. The summed E-state index contributed by atoms with van der Waals surface area (Å²) in [5.41, 5.74) is 5.23. The number of aryl methyl sites for hydroxylation is 1. The summed E-state index contributed by atoms with van der Waals surface area (Å²) in [7, 11) is 2.22. The highest BCUT2D eigenvalue weighted by Gasteiger charge is 2.15. The van der Waals surface area contributed by atoms with Crippen LogP contribution in [0.25, 0.3) is 33.1 Å². The molecule has 2 aromatic heterocycles. The molecule has 3 heterocycles. The van der Waals surface area contributed by atoms with Gasteiger partial charge in [-0.15, -0.1) is 0 Å². The van der Waals surface area contributed by atoms with Crippen molar-refractivity contribution < 1.29 is 0 Å². The molecule has 0 atom stereocenters. The molecule has 1 aliphatic rings. The molecule has 0 radical (unpaired) electrons. The third-order valence-electron chi connectivity index (χ3n) is 6.21. The Morgan fingerprint density at radius 1 is 0.759 bits per heavy atom. The van der Waals surface area contributed by atoms with Gasteiger partial charge in [-0.3, -0.25) is 0 Å². The fourth-order valence-electron chi connectivity index (χ4n) is 4.46. The first-order valence-corrected chi connectivity index (χ1v) is 10.8. The summed E-state index contributed by atoms with van der Waals surface area (Å²) in [5, 5.41) is 1.21. The molecule has 5 rings (SSSR count). The quantitative estimate of drug-likeness (QED) is 0.466. The minimum absolute atomic E-state index is 0.968. The summed E-state index contributed by atoms with van der Waals surface area (Å²) in [6.07, 6.45) is 3.70. The number of fused-ring (bicyclic) bond motifs is 4. The summed E-state index contributed by atoms with van der Waals surface area (Å²) in [4.78, 5) is 15.0. The summed E-state index contributed by atoms with van der Waals surface area (Å²) < 4.78 is 2.37. The lowest BCUT2D eigenvalue weighted by Gasteiger charge is -2.32. The number of hydrogen-bond donors (Lipinski definition) is 0. The van der Waals surface area contributed by atoms with Crippen LogP contribution < -0.4 is 0 Å². The van der Waals surface area contributed by atoms with Gasteiger partial charge in [0.15, 0.2) is 5.65 Å². The van der Waals surface area contributed by atoms with E-state index in [1.165, 1.54) is 62.9 Å². The Bertz CT molecular complexity index is 1120. The molecule has 150 valence electrons. The number of para-hydroxylation sites is 3. The predicted octanol–water partition coefficient (Wildman–Crippen LogP) is 4.16. The highest BCUT2D eigenvalue weighted by atomic mass is 15.2. The number of benzene rings is 2. The molecule has 1 fully saturated rings. The molecule has 5 nitrogen and oxygen atoms in total. The van der Waals surface area contributed by atoms with Crippen molar-refractivity contribution in [3.8, 4) is 0 Å². The zero-order chi connectivity index (χ0) is 19.6. The van der Waals surface area contributed by atoms with Gasteiger partial charge in [-0.1, -0.05) is 36.8 Å². The van der Waals surface area contributed by atoms with Gasteiger partial charge in [-0.05, 0) is 44.6 Å². The lowest BCUT2D eigenvalue weighted by molar-refractivity contribution is 0.152. The molecule has 0 N–H and O–H groups in total. The van der Waals surface area contributed by atoms with Crippen LogP contribution in [0.4, 0.5) is 0 Å². The standard InChI is InChI=1S/C24H29N5/c1-27-15-17-28(18-16-27)13-7-2-8-14-29-22-12-6-3-9-19(22)23-24(29)26-21-11-5-4-10-20(21)25-23/h3-6,9-12H,2,7-8,13-18H2,1H3. The number of hydrogen-bond acceptors (Lipinski definition) is 4. The smallest absolute Gasteiger partial charge is 0.160 e. The van der Waals surface area contributed by atoms with Crippen molar-refractivity contribution in [1.29, 1.82) is 0 Å². The van der Waals surface area contributed by atoms with E-state index in [9.17, 15) is 0 Å². The summed E-state index contributed by atoms with van der Waals surface area (Å²) >= 11 is 0. The average Bonchev–Trinajstić information content (AvgIpc) is 3.06. The largest absolute Gasteiger partial charge is 0.324 e. The first kappa shape index (κ1) is 18.5. The molecular formula is C24H29N5. The monoisotopic (exact) mass is 387 g/mol. The van der Waals surface area contributed by atoms with Gasteiger partial charge in [0.1, 0.15) is 5.52 Å². The topological polar surface area (TPSA) is 37.2 Å². The van der Waals surface area contributed by atoms with Gasteiger partial charge >= 0.3 is 0 Å². The van der Waals surface area contributed by atoms with E-state index in [0.29, 0.717) is 0 Å². The van der Waals surface area contributed by atoms with Crippen LogP contribution in [0.3, 0.4) is 0 Å². The number of aromatic nitrogens is 3. The van der Waals surface area contributed by atoms with E-state index in [1.54, 1.807) is 0 Å². The van der Waals surface area contributed by atoms with Gasteiger partial charge in [-0.25, -0.2) is 9.97 Å². The molecule has 1 saturated heterocycles. The molecule has 0 spiro atoms. The molecule has 0 saturated carbocycles. The van der Waals surface area contributed by atoms with Crippen molar-refractivity contribution >= 4 is 33.1 Å². The fourth-order valence-corrected chi connectivity index (χ4v) is 4.46. The first-order chi connectivity index (χ1) is 14.3. The maximum Gasteiger partial charge on any atom is 0.160 e. The van der Waals surface area contributed by atoms with Gasteiger partial charge in [0.25, 0.3) is 0 Å². The highest BCUT2D eigenvalue weighted by molar-refractivity contribution is 6.06. The third kappa shape index (κ3) is 3.72. The van der Waals surface area contributed by atoms with Gasteiger partial charge in [0.05, 0.1) is 16.6 Å². The SMILES string of the molecule is CN1CCN(CCCCCn2c3ccccc3c3nc4ccccc4nc32)CC1. The average molecular weight is 388 g/mol. The number of likely N-dealkylation sites (N-methyl/N-ethyl adjacent to an activating group) is 1. The predicted molar refractivity (Wildman–Crippen MR) is 120 cm³/mol. The summed E-state index contributed by atoms with van der Waals surface area (Å²) in [6, 6.07) is 16.8. The second-order valence-electron chi connectivity index (χ2n) is 8.26. The first-order valence-electron chi connectivity index (χ1n) is 10.8. The van der Waals surface area contributed by atoms with Crippen molar-refractivity contribution in [3.05, 3.63) is 48.5 Å². The zero-order valence-electron chi connectivity index (χ0n) is 17.2. The van der Waals surface area contributed by atoms with Crippen molar-refractivity contribution in [2.75, 3.05) is 39.8 Å². The Morgan fingerprint density at radius 3 is 2.28 bits per heavy atom. The normalized spacial score (nSPS) is 16.3. The maximum atomic E-state index is 4.98. The van der Waals surface area contributed by atoms with Gasteiger partial charge in [0, 0.05) is 38.1 Å². The number of unbranched alkanes of at least 4 members (excludes halogenated alkanes) is 2. The lowest BCUT2D eigenvalue weighted by atomic mass is 10.2. The second-order valence-corrected chi connectivity index (χ2v) is 8.26. The number of rotatable bonds is 6. The van der Waals surface area contributed by atoms with Crippen LogP contribution >= 0.6 is 0 Å². The molecule has 5 heteroatoms. The number of nitrogens with zero attached hydrogens (tertiary/aromatic N) is 5. The zero-order valence-corrected chi connectivity index (χ0v) is 17.2. The Labute approximate surface area is 171 Å². The van der Waals surface area contributed by atoms with Crippen molar-refractivity contribution in [2.24, 2.45) is 0 Å². The molecule has 1 aliphatic heterocycles. The lowest BCUT2D eigenvalue weighted by Crippen LogP contribution is -2.44. The molecule has 4 aromatic rings. The van der Waals surface area contributed by atoms with Crippen molar-refractivity contribution in [2.45, 2.75) is 25.8 Å². The Balaban J connectivity index is 1.33. The van der Waals surface area contributed by atoms with Crippen LogP contribution in [0.2, 0.25) is 0 Å². The van der Waals surface area contributed by atoms with E-state index >= 15 is 0 Å². The maximum absolute atomic E-state index is 4.98. The van der Waals surface area contributed by atoms with Crippen LogP contribution in [-0.4, -0.2) is 64.1 Å². The van der Waals surface area contributed by atoms with Crippen LogP contribution in [0, 0.1) is 0 Å². The fraction of sp³-hybridized carbons (Fsp3) is 0.417. The van der Waals surface area contributed by atoms with E-state index in [-0.39, 0.29) is 0 Å². The third-order valence-corrected chi connectivity index (χ3v) is 6.21. The van der Waals surface area contributed by atoms with Gasteiger partial charge in [-0.2, -0.15) is 0 Å². The molecule has 0 amide bonds. The van der Waals surface area contributed by atoms with Crippen LogP contribution in [0.5, 0.6) is 0 Å². The molecule has 0 aliphatic carbocycles. The van der Waals surface area contributed by atoms with Crippen molar-refractivity contribution in [1.82, 2.24) is 24.3 Å². The van der Waals surface area contributed by atoms with Crippen LogP contribution in [-0.2, 0) is 6.54 Å². The molecule has 29 heavy (non-hydrogen) atoms. The Kier molecular flexibility index (Phi) is 5.17. The molecule has 2 aromatic carbocycles. The van der Waals surface area contributed by atoms with E-state index in [4.69, 9.17) is 9.97 Å². The Hall–Kier alpha value is -2.50. The van der Waals surface area contributed by atoms with Crippen molar-refractivity contribution in [3.63, 3.8) is 0 Å². The van der Waals surface area contributed by atoms with E-state index in [1.807, 2.05) is 18.2 Å². The Morgan fingerprint density at radius 2 is 1.45 bits per heavy atom. The minimum Gasteiger partial charge on any atom is -0.324 e. The molecule has 0 unspecified atom stereocenters. The van der Waals surface area contributed by atoms with E-state index in [2.05, 4.69) is 51.7 Å². The van der Waals surface area contributed by atoms with E-state index < -0.39 is 0 Å².